The van der Waals surface area contributed by atoms with Crippen molar-refractivity contribution in [2.75, 3.05) is 0 Å². The fourth-order valence-corrected chi connectivity index (χ4v) is 0.802. The molecular weight excluding hydrogens is 124 g/mol. The van der Waals surface area contributed by atoms with Gasteiger partial charge >= 0.3 is 0 Å². The van der Waals surface area contributed by atoms with E-state index in [9.17, 15) is 0 Å². The lowest BCUT2D eigenvalue weighted by Gasteiger charge is -1.97. The van der Waals surface area contributed by atoms with E-state index in [0.717, 1.165) is 0 Å². The maximum atomic E-state index is 4.72. The van der Waals surface area contributed by atoms with E-state index in [1.54, 1.807) is 0 Å². The molecule has 0 saturated heterocycles. The van der Waals surface area contributed by atoms with E-state index in [-0.39, 0.29) is 0 Å². The first-order valence-electron chi connectivity index (χ1n) is 3.25. The van der Waals surface area contributed by atoms with Gasteiger partial charge in [0.15, 0.2) is 0 Å². The van der Waals surface area contributed by atoms with Gasteiger partial charge in [-0.1, -0.05) is 29.8 Å². The molecule has 10 heavy (non-hydrogen) atoms. The van der Waals surface area contributed by atoms with Crippen molar-refractivity contribution in [2.45, 2.75) is 13.5 Å². The third-order valence-corrected chi connectivity index (χ3v) is 1.39. The molecule has 1 aromatic rings. The van der Waals surface area contributed by atoms with Gasteiger partial charge in [0.05, 0.1) is 13.7 Å². The van der Waals surface area contributed by atoms with Gasteiger partial charge in [-0.25, -0.2) is 0 Å². The molecule has 1 aromatic carbocycles. The van der Waals surface area contributed by atoms with Gasteiger partial charge in [0.25, 0.3) is 0 Å². The first kappa shape index (κ1) is 7.29. The van der Waals surface area contributed by atoms with E-state index >= 15 is 0 Å². The number of ether oxygens (including phenoxy) is 1. The van der Waals surface area contributed by atoms with Crippen LogP contribution in [0.2, 0.25) is 0 Å². The van der Waals surface area contributed by atoms with E-state index in [1.165, 1.54) is 11.1 Å². The Bertz CT molecular complexity index is 188. The van der Waals surface area contributed by atoms with Gasteiger partial charge in [-0.2, -0.15) is 0 Å². The molecular formula is C9H11O. The highest BCUT2D eigenvalue weighted by Gasteiger charge is 1.88. The van der Waals surface area contributed by atoms with Crippen LogP contribution in [0.4, 0.5) is 0 Å². The summed E-state index contributed by atoms with van der Waals surface area (Å²) >= 11 is 0. The Labute approximate surface area is 61.6 Å². The molecule has 1 heteroatoms. The van der Waals surface area contributed by atoms with Gasteiger partial charge in [-0.05, 0) is 12.5 Å². The minimum atomic E-state index is 0.598. The lowest BCUT2D eigenvalue weighted by molar-refractivity contribution is 0.229. The first-order chi connectivity index (χ1) is 4.83. The van der Waals surface area contributed by atoms with Crippen LogP contribution in [0.5, 0.6) is 0 Å². The fraction of sp³-hybridized carbons (Fsp3) is 0.222. The molecule has 0 aliphatic heterocycles. The molecule has 1 radical (unpaired) electrons. The number of hydrogen-bond donors (Lipinski definition) is 0. The average Bonchev–Trinajstić information content (AvgIpc) is 1.95. The molecule has 53 valence electrons. The van der Waals surface area contributed by atoms with Gasteiger partial charge in [0, 0.05) is 0 Å². The summed E-state index contributed by atoms with van der Waals surface area (Å²) in [5.74, 6) is 0. The van der Waals surface area contributed by atoms with Crippen molar-refractivity contribution < 1.29 is 4.74 Å². The highest BCUT2D eigenvalue weighted by atomic mass is 16.5. The van der Waals surface area contributed by atoms with Crippen LogP contribution < -0.4 is 0 Å². The Morgan fingerprint density at radius 3 is 2.40 bits per heavy atom. The van der Waals surface area contributed by atoms with Gasteiger partial charge in [0.1, 0.15) is 0 Å². The summed E-state index contributed by atoms with van der Waals surface area (Å²) in [5, 5.41) is 0. The zero-order valence-electron chi connectivity index (χ0n) is 6.13. The Kier molecular flexibility index (Phi) is 2.46. The summed E-state index contributed by atoms with van der Waals surface area (Å²) in [6, 6.07) is 8.21. The van der Waals surface area contributed by atoms with Crippen LogP contribution in [-0.4, -0.2) is 0 Å². The molecule has 0 aliphatic carbocycles. The Morgan fingerprint density at radius 2 is 1.90 bits per heavy atom. The van der Waals surface area contributed by atoms with Crippen LogP contribution in [-0.2, 0) is 11.3 Å². The summed E-state index contributed by atoms with van der Waals surface area (Å²) in [6.45, 7) is 2.66. The zero-order chi connectivity index (χ0) is 7.40. The predicted molar refractivity (Wildman–Crippen MR) is 41.3 cm³/mol. The third kappa shape index (κ3) is 1.85. The standard InChI is InChI=1S/C9H11O/c1-8-3-5-9(6-4-8)7-10-2/h3-6H,2,7H2,1H3. The molecule has 0 fully saturated rings. The summed E-state index contributed by atoms with van der Waals surface area (Å²) in [7, 11) is 3.30. The Morgan fingerprint density at radius 1 is 1.30 bits per heavy atom. The first-order valence-corrected chi connectivity index (χ1v) is 3.25. The molecule has 0 spiro atoms. The SMILES string of the molecule is [CH2]OCc1ccc(C)cc1. The predicted octanol–water partition coefficient (Wildman–Crippen LogP) is 2.30. The number of hydrogen-bond acceptors (Lipinski definition) is 1. The lowest BCUT2D eigenvalue weighted by Crippen LogP contribution is -1.84. The lowest BCUT2D eigenvalue weighted by atomic mass is 10.2. The number of aryl methyl sites for hydroxylation is 1. The molecule has 0 N–H and O–H groups in total. The van der Waals surface area contributed by atoms with Crippen LogP contribution in [0.15, 0.2) is 24.3 Å². The van der Waals surface area contributed by atoms with Crippen molar-refractivity contribution >= 4 is 0 Å². The van der Waals surface area contributed by atoms with Crippen LogP contribution >= 0.6 is 0 Å². The molecule has 0 aliphatic rings. The summed E-state index contributed by atoms with van der Waals surface area (Å²) in [4.78, 5) is 0. The minimum Gasteiger partial charge on any atom is -0.374 e. The van der Waals surface area contributed by atoms with Crippen molar-refractivity contribution in [1.82, 2.24) is 0 Å². The molecule has 0 heterocycles. The number of benzene rings is 1. The Balaban J connectivity index is 2.69. The fourth-order valence-electron chi connectivity index (χ4n) is 0.802. The molecule has 0 atom stereocenters. The molecule has 1 rings (SSSR count). The smallest absolute Gasteiger partial charge is 0.0718 e. The molecule has 0 saturated carbocycles. The molecule has 0 aromatic heterocycles. The van der Waals surface area contributed by atoms with Crippen LogP contribution in [0.1, 0.15) is 11.1 Å². The zero-order valence-corrected chi connectivity index (χ0v) is 6.13. The van der Waals surface area contributed by atoms with Crippen molar-refractivity contribution in [3.05, 3.63) is 42.5 Å². The van der Waals surface area contributed by atoms with Crippen molar-refractivity contribution in [3.63, 3.8) is 0 Å². The molecule has 1 nitrogen and oxygen atoms in total. The highest BCUT2D eigenvalue weighted by Crippen LogP contribution is 2.03. The van der Waals surface area contributed by atoms with E-state index in [4.69, 9.17) is 4.74 Å². The second-order valence-electron chi connectivity index (χ2n) is 2.33. The van der Waals surface area contributed by atoms with E-state index in [1.807, 2.05) is 12.1 Å². The van der Waals surface area contributed by atoms with Crippen LogP contribution in [0.25, 0.3) is 0 Å². The van der Waals surface area contributed by atoms with Gasteiger partial charge in [0.2, 0.25) is 0 Å². The average molecular weight is 135 g/mol. The summed E-state index contributed by atoms with van der Waals surface area (Å²) < 4.78 is 4.72. The largest absolute Gasteiger partial charge is 0.374 e. The maximum absolute atomic E-state index is 4.72. The van der Waals surface area contributed by atoms with E-state index < -0.39 is 0 Å². The normalized spacial score (nSPS) is 9.80. The number of rotatable bonds is 2. The highest BCUT2D eigenvalue weighted by molar-refractivity contribution is 5.20. The van der Waals surface area contributed by atoms with Crippen LogP contribution in [0, 0.1) is 14.0 Å². The van der Waals surface area contributed by atoms with Crippen molar-refractivity contribution in [3.8, 4) is 0 Å². The monoisotopic (exact) mass is 135 g/mol. The Hall–Kier alpha value is -0.820. The third-order valence-electron chi connectivity index (χ3n) is 1.39. The quantitative estimate of drug-likeness (QED) is 0.604. The minimum absolute atomic E-state index is 0.598. The van der Waals surface area contributed by atoms with Crippen LogP contribution in [0.3, 0.4) is 0 Å². The van der Waals surface area contributed by atoms with Crippen molar-refractivity contribution in [1.29, 1.82) is 0 Å². The van der Waals surface area contributed by atoms with Crippen molar-refractivity contribution in [2.24, 2.45) is 0 Å². The maximum Gasteiger partial charge on any atom is 0.0718 e. The van der Waals surface area contributed by atoms with E-state index in [2.05, 4.69) is 26.2 Å². The van der Waals surface area contributed by atoms with Gasteiger partial charge in [-0.3, -0.25) is 0 Å². The summed E-state index contributed by atoms with van der Waals surface area (Å²) in [6.07, 6.45) is 0. The molecule has 0 bridgehead atoms. The van der Waals surface area contributed by atoms with Gasteiger partial charge < -0.3 is 4.74 Å². The topological polar surface area (TPSA) is 9.23 Å². The second kappa shape index (κ2) is 3.37. The molecule has 0 unspecified atom stereocenters. The summed E-state index contributed by atoms with van der Waals surface area (Å²) in [5.41, 5.74) is 2.44. The van der Waals surface area contributed by atoms with E-state index in [0.29, 0.717) is 6.61 Å². The molecule has 0 amide bonds. The second-order valence-corrected chi connectivity index (χ2v) is 2.33. The van der Waals surface area contributed by atoms with Gasteiger partial charge in [-0.15, -0.1) is 0 Å².